The second kappa shape index (κ2) is 7.33. The summed E-state index contributed by atoms with van der Waals surface area (Å²) in [5.74, 6) is -38.5. The van der Waals surface area contributed by atoms with Gasteiger partial charge in [0.2, 0.25) is 6.29 Å². The first-order chi connectivity index (χ1) is 11.7. The molecule has 0 aromatic carbocycles. The van der Waals surface area contributed by atoms with E-state index < -0.39 is 67.4 Å². The van der Waals surface area contributed by atoms with Gasteiger partial charge in [0, 0.05) is 13.0 Å². The van der Waals surface area contributed by atoms with Gasteiger partial charge in [-0.3, -0.25) is 9.59 Å². The SMILES string of the molecule is O=CC(=O)NCCCC(F)(F)C(F)(F)C(F)(F)C(F)(F)C(F)(F)C(F)(F)F. The Labute approximate surface area is 140 Å². The molecular formula is C11H8F13NO2. The van der Waals surface area contributed by atoms with Crippen molar-refractivity contribution in [3.63, 3.8) is 0 Å². The smallest absolute Gasteiger partial charge is 0.350 e. The Morgan fingerprint density at radius 3 is 1.48 bits per heavy atom. The number of carbonyl (C=O) groups is 2. The highest BCUT2D eigenvalue weighted by atomic mass is 19.4. The lowest BCUT2D eigenvalue weighted by molar-refractivity contribution is -0.440. The zero-order chi connectivity index (χ0) is 22.1. The summed E-state index contributed by atoms with van der Waals surface area (Å²) in [6, 6.07) is 0. The molecule has 0 spiro atoms. The molecule has 0 aliphatic rings. The van der Waals surface area contributed by atoms with Crippen LogP contribution < -0.4 is 5.32 Å². The van der Waals surface area contributed by atoms with E-state index in [1.165, 1.54) is 5.32 Å². The molecule has 0 aromatic rings. The van der Waals surface area contributed by atoms with Gasteiger partial charge in [0.05, 0.1) is 0 Å². The molecule has 0 aromatic heterocycles. The number of hydrogen-bond donors (Lipinski definition) is 1. The number of aldehydes is 1. The number of carbonyl (C=O) groups excluding carboxylic acids is 2. The van der Waals surface area contributed by atoms with Gasteiger partial charge < -0.3 is 5.32 Å². The number of halogens is 13. The second-order valence-corrected chi connectivity index (χ2v) is 5.01. The lowest BCUT2D eigenvalue weighted by Crippen LogP contribution is -2.70. The number of rotatable bonds is 9. The van der Waals surface area contributed by atoms with Gasteiger partial charge in [0.15, 0.2) is 0 Å². The van der Waals surface area contributed by atoms with Crippen LogP contribution in [0, 0.1) is 0 Å². The van der Waals surface area contributed by atoms with Crippen LogP contribution in [0.1, 0.15) is 12.8 Å². The third kappa shape index (κ3) is 4.23. The Morgan fingerprint density at radius 1 is 0.704 bits per heavy atom. The van der Waals surface area contributed by atoms with Crippen molar-refractivity contribution in [3.8, 4) is 0 Å². The van der Waals surface area contributed by atoms with Gasteiger partial charge >= 0.3 is 35.8 Å². The van der Waals surface area contributed by atoms with Gasteiger partial charge in [-0.05, 0) is 6.42 Å². The number of amides is 1. The second-order valence-electron chi connectivity index (χ2n) is 5.01. The van der Waals surface area contributed by atoms with E-state index >= 15 is 0 Å². The summed E-state index contributed by atoms with van der Waals surface area (Å²) in [4.78, 5) is 20.3. The van der Waals surface area contributed by atoms with Crippen molar-refractivity contribution in [2.75, 3.05) is 6.54 Å². The van der Waals surface area contributed by atoms with Crippen LogP contribution in [0.3, 0.4) is 0 Å². The Morgan fingerprint density at radius 2 is 1.11 bits per heavy atom. The molecule has 0 heterocycles. The number of nitrogens with one attached hydrogen (secondary N) is 1. The zero-order valence-electron chi connectivity index (χ0n) is 12.4. The molecule has 0 atom stereocenters. The fourth-order valence-corrected chi connectivity index (χ4v) is 1.52. The maximum Gasteiger partial charge on any atom is 0.460 e. The van der Waals surface area contributed by atoms with E-state index in [-0.39, 0.29) is 0 Å². The molecule has 0 aliphatic carbocycles. The van der Waals surface area contributed by atoms with E-state index in [4.69, 9.17) is 0 Å². The lowest BCUT2D eigenvalue weighted by Gasteiger charge is -2.39. The largest absolute Gasteiger partial charge is 0.460 e. The molecule has 1 N–H and O–H groups in total. The summed E-state index contributed by atoms with van der Waals surface area (Å²) in [5, 5.41) is 1.48. The van der Waals surface area contributed by atoms with Crippen LogP contribution in [0.2, 0.25) is 0 Å². The molecule has 27 heavy (non-hydrogen) atoms. The van der Waals surface area contributed by atoms with E-state index in [1.54, 1.807) is 0 Å². The highest BCUT2D eigenvalue weighted by Crippen LogP contribution is 2.60. The maximum atomic E-state index is 13.2. The molecule has 0 saturated heterocycles. The van der Waals surface area contributed by atoms with Crippen molar-refractivity contribution in [2.45, 2.75) is 48.6 Å². The summed E-state index contributed by atoms with van der Waals surface area (Å²) in [6.45, 7) is -1.02. The minimum atomic E-state index is -7.93. The van der Waals surface area contributed by atoms with Crippen molar-refractivity contribution in [1.82, 2.24) is 5.32 Å². The molecule has 16 heteroatoms. The fourth-order valence-electron chi connectivity index (χ4n) is 1.52. The van der Waals surface area contributed by atoms with Gasteiger partial charge in [0.25, 0.3) is 5.91 Å². The Kier molecular flexibility index (Phi) is 6.85. The predicted octanol–water partition coefficient (Wildman–Crippen LogP) is 3.82. The molecule has 0 unspecified atom stereocenters. The van der Waals surface area contributed by atoms with Gasteiger partial charge in [-0.1, -0.05) is 0 Å². The van der Waals surface area contributed by atoms with Crippen LogP contribution >= 0.6 is 0 Å². The Hall–Kier alpha value is -1.77. The predicted molar refractivity (Wildman–Crippen MR) is 59.1 cm³/mol. The van der Waals surface area contributed by atoms with Crippen LogP contribution in [-0.4, -0.2) is 54.5 Å². The van der Waals surface area contributed by atoms with E-state index in [1.807, 2.05) is 0 Å². The summed E-state index contributed by atoms with van der Waals surface area (Å²) < 4.78 is 166. The molecule has 0 aliphatic heterocycles. The molecule has 0 rings (SSSR count). The Balaban J connectivity index is 5.67. The van der Waals surface area contributed by atoms with Crippen LogP contribution in [0.5, 0.6) is 0 Å². The van der Waals surface area contributed by atoms with Crippen molar-refractivity contribution >= 4 is 12.2 Å². The molecule has 1 amide bonds. The third-order valence-electron chi connectivity index (χ3n) is 3.07. The highest BCUT2D eigenvalue weighted by molar-refractivity contribution is 6.23. The maximum absolute atomic E-state index is 13.2. The average Bonchev–Trinajstić information content (AvgIpc) is 2.49. The fraction of sp³-hybridized carbons (Fsp3) is 0.818. The normalized spacial score (nSPS) is 14.9. The molecule has 0 saturated carbocycles. The van der Waals surface area contributed by atoms with Gasteiger partial charge in [-0.15, -0.1) is 0 Å². The lowest BCUT2D eigenvalue weighted by atomic mass is 9.92. The average molecular weight is 433 g/mol. The first-order valence-electron chi connectivity index (χ1n) is 6.39. The van der Waals surface area contributed by atoms with Crippen molar-refractivity contribution in [3.05, 3.63) is 0 Å². The van der Waals surface area contributed by atoms with E-state index in [0.29, 0.717) is 0 Å². The first-order valence-corrected chi connectivity index (χ1v) is 6.39. The highest BCUT2D eigenvalue weighted by Gasteiger charge is 2.90. The Bertz CT molecular complexity index is 555. The first kappa shape index (κ1) is 25.2. The molecule has 0 fully saturated rings. The van der Waals surface area contributed by atoms with Crippen molar-refractivity contribution in [2.24, 2.45) is 0 Å². The zero-order valence-corrected chi connectivity index (χ0v) is 12.4. The topological polar surface area (TPSA) is 46.2 Å². The molecule has 0 radical (unpaired) electrons. The van der Waals surface area contributed by atoms with Gasteiger partial charge in [-0.25, -0.2) is 0 Å². The number of alkyl halides is 13. The quantitative estimate of drug-likeness (QED) is 0.260. The van der Waals surface area contributed by atoms with Crippen LogP contribution in [-0.2, 0) is 9.59 Å². The van der Waals surface area contributed by atoms with Crippen LogP contribution in [0.15, 0.2) is 0 Å². The van der Waals surface area contributed by atoms with E-state index in [2.05, 4.69) is 0 Å². The van der Waals surface area contributed by atoms with E-state index in [0.717, 1.165) is 0 Å². The molecular weight excluding hydrogens is 425 g/mol. The van der Waals surface area contributed by atoms with E-state index in [9.17, 15) is 66.7 Å². The monoisotopic (exact) mass is 433 g/mol. The van der Waals surface area contributed by atoms with Gasteiger partial charge in [0.1, 0.15) is 0 Å². The molecule has 0 bridgehead atoms. The summed E-state index contributed by atoms with van der Waals surface area (Å²) >= 11 is 0. The molecule has 3 nitrogen and oxygen atoms in total. The van der Waals surface area contributed by atoms with Crippen molar-refractivity contribution < 1.29 is 66.7 Å². The minimum absolute atomic E-state index is 0.402. The molecule has 160 valence electrons. The summed E-state index contributed by atoms with van der Waals surface area (Å²) in [6.07, 6.45) is -11.6. The minimum Gasteiger partial charge on any atom is -0.350 e. The van der Waals surface area contributed by atoms with Crippen LogP contribution in [0.25, 0.3) is 0 Å². The summed E-state index contributed by atoms with van der Waals surface area (Å²) in [5.41, 5.74) is 0. The van der Waals surface area contributed by atoms with Crippen LogP contribution in [0.4, 0.5) is 57.1 Å². The summed E-state index contributed by atoms with van der Waals surface area (Å²) in [7, 11) is 0. The number of hydrogen-bond acceptors (Lipinski definition) is 2. The van der Waals surface area contributed by atoms with Crippen molar-refractivity contribution in [1.29, 1.82) is 0 Å². The van der Waals surface area contributed by atoms with Gasteiger partial charge in [-0.2, -0.15) is 57.1 Å². The third-order valence-corrected chi connectivity index (χ3v) is 3.07. The standard InChI is InChI=1S/C11H8F13NO2/c12-6(13,2-1-3-25-5(27)4-26)7(14,15)8(16,17)9(18,19)10(20,21)11(22,23)24/h4H,1-3H2,(H,25,27).